The van der Waals surface area contributed by atoms with Gasteiger partial charge in [0.05, 0.1) is 25.4 Å². The maximum absolute atomic E-state index is 12.3. The summed E-state index contributed by atoms with van der Waals surface area (Å²) in [6.07, 6.45) is -13.8. The molecule has 1 saturated heterocycles. The zero-order valence-corrected chi connectivity index (χ0v) is 14.3. The van der Waals surface area contributed by atoms with Gasteiger partial charge in [0.25, 0.3) is 0 Å². The van der Waals surface area contributed by atoms with Crippen molar-refractivity contribution in [3.8, 4) is 0 Å². The summed E-state index contributed by atoms with van der Waals surface area (Å²) >= 11 is 0. The highest BCUT2D eigenvalue weighted by Crippen LogP contribution is 2.38. The van der Waals surface area contributed by atoms with Gasteiger partial charge in [0.15, 0.2) is 0 Å². The molecule has 26 heavy (non-hydrogen) atoms. The van der Waals surface area contributed by atoms with Gasteiger partial charge in [-0.1, -0.05) is 0 Å². The Morgan fingerprint density at radius 3 is 1.88 bits per heavy atom. The number of aliphatic hydroxyl groups is 2. The van der Waals surface area contributed by atoms with Crippen LogP contribution in [0.1, 0.15) is 34.5 Å². The highest BCUT2D eigenvalue weighted by molar-refractivity contribution is 4.79. The van der Waals surface area contributed by atoms with Gasteiger partial charge >= 0.3 is 19.7 Å². The molecule has 12 heteroatoms. The number of alkyl halides is 8. The third kappa shape index (κ3) is 16.7. The second kappa shape index (κ2) is 12.6. The van der Waals surface area contributed by atoms with Crippen LogP contribution in [0.25, 0.3) is 0 Å². The topological polar surface area (TPSA) is 62.2 Å². The zero-order chi connectivity index (χ0) is 21.0. The van der Waals surface area contributed by atoms with E-state index in [0.717, 1.165) is 0 Å². The molecular formula is C14H25F8O4+. The lowest BCUT2D eigenvalue weighted by Gasteiger charge is -2.22. The van der Waals surface area contributed by atoms with Crippen molar-refractivity contribution in [3.05, 3.63) is 0 Å². The fourth-order valence-electron chi connectivity index (χ4n) is 1.28. The summed E-state index contributed by atoms with van der Waals surface area (Å²) in [5.74, 6) is -4.87. The van der Waals surface area contributed by atoms with Gasteiger partial charge in [0.1, 0.15) is 0 Å². The molecule has 0 saturated carbocycles. The van der Waals surface area contributed by atoms with Crippen LogP contribution in [-0.2, 0) is 9.47 Å². The first-order chi connectivity index (χ1) is 11.7. The monoisotopic (exact) mass is 409 g/mol. The first kappa shape index (κ1) is 27.5. The Morgan fingerprint density at radius 2 is 1.58 bits per heavy atom. The maximum atomic E-state index is 12.3. The molecule has 0 amide bonds. The Morgan fingerprint density at radius 1 is 1.12 bits per heavy atom. The molecule has 1 aliphatic rings. The molecule has 160 valence electrons. The van der Waals surface area contributed by atoms with Gasteiger partial charge in [0.2, 0.25) is 0 Å². The first-order valence-electron chi connectivity index (χ1n) is 7.69. The highest BCUT2D eigenvalue weighted by atomic mass is 19.4. The van der Waals surface area contributed by atoms with E-state index in [4.69, 9.17) is 10.2 Å². The van der Waals surface area contributed by atoms with Gasteiger partial charge in [-0.25, -0.2) is 0 Å². The predicted molar refractivity (Wildman–Crippen MR) is 77.0 cm³/mol. The van der Waals surface area contributed by atoms with E-state index in [1.165, 1.54) is 6.92 Å². The highest BCUT2D eigenvalue weighted by Gasteiger charge is 2.57. The third-order valence-corrected chi connectivity index (χ3v) is 2.57. The number of rotatable bonds is 7. The van der Waals surface area contributed by atoms with Crippen molar-refractivity contribution in [3.63, 3.8) is 0 Å². The molecule has 1 aliphatic heterocycles. The van der Waals surface area contributed by atoms with Crippen molar-refractivity contribution in [2.75, 3.05) is 26.4 Å². The summed E-state index contributed by atoms with van der Waals surface area (Å²) in [6.45, 7) is 3.60. The summed E-state index contributed by atoms with van der Waals surface area (Å²) in [6, 6.07) is 0. The fourth-order valence-corrected chi connectivity index (χ4v) is 1.28. The molecule has 0 aromatic heterocycles. The van der Waals surface area contributed by atoms with Crippen LogP contribution in [0.15, 0.2) is 0 Å². The minimum Gasteiger partial charge on any atom is -0.397 e. The molecule has 2 unspecified atom stereocenters. The fraction of sp³-hybridized carbons (Fsp3) is 1.00. The molecular weight excluding hydrogens is 384 g/mol. The molecule has 1 heterocycles. The Balaban J connectivity index is -0.000000380. The summed E-state index contributed by atoms with van der Waals surface area (Å²) in [5.41, 5.74) is 0. The third-order valence-electron chi connectivity index (χ3n) is 2.57. The predicted octanol–water partition coefficient (Wildman–Crippen LogP) is 3.81. The quantitative estimate of drug-likeness (QED) is 0.496. The smallest absolute Gasteiger partial charge is 0.397 e. The van der Waals surface area contributed by atoms with Crippen LogP contribution in [0.3, 0.4) is 0 Å². The van der Waals surface area contributed by atoms with Crippen molar-refractivity contribution < 1.29 is 56.2 Å². The van der Waals surface area contributed by atoms with E-state index in [2.05, 4.69) is 9.47 Å². The van der Waals surface area contributed by atoms with Gasteiger partial charge in [-0.15, -0.1) is 0 Å². The number of hydrogen-bond donors (Lipinski definition) is 2. The van der Waals surface area contributed by atoms with E-state index in [1.54, 1.807) is 6.92 Å². The lowest BCUT2D eigenvalue weighted by molar-refractivity contribution is -0.291. The van der Waals surface area contributed by atoms with Crippen molar-refractivity contribution >= 4 is 0 Å². The molecule has 0 aliphatic carbocycles. The normalized spacial score (nSPS) is 18.2. The number of ether oxygens (including phenoxy) is 2. The lowest BCUT2D eigenvalue weighted by atomic mass is 10.1. The minimum atomic E-state index is -5.62. The van der Waals surface area contributed by atoms with Crippen molar-refractivity contribution in [2.24, 2.45) is 0 Å². The molecule has 0 spiro atoms. The minimum absolute atomic E-state index is 0. The number of epoxide rings is 1. The van der Waals surface area contributed by atoms with Crippen LogP contribution in [0.4, 0.5) is 35.1 Å². The second-order valence-electron chi connectivity index (χ2n) is 5.15. The molecule has 1 rings (SSSR count). The molecule has 4 nitrogen and oxygen atoms in total. The SMILES string of the molecule is CCO.CCOCC(O)CC(F)(F)C(F)(F)F.FC(F)(F)CCC1CO1.[H+]. The van der Waals surface area contributed by atoms with Crippen molar-refractivity contribution in [2.45, 2.75) is 63.6 Å². The van der Waals surface area contributed by atoms with E-state index < -0.39 is 43.8 Å². The van der Waals surface area contributed by atoms with E-state index >= 15 is 0 Å². The van der Waals surface area contributed by atoms with Crippen LogP contribution in [0.2, 0.25) is 0 Å². The Bertz CT molecular complexity index is 349. The molecule has 0 radical (unpaired) electrons. The van der Waals surface area contributed by atoms with Crippen LogP contribution in [0, 0.1) is 0 Å². The molecule has 1 fully saturated rings. The summed E-state index contributed by atoms with van der Waals surface area (Å²) in [7, 11) is 0. The molecule has 0 bridgehead atoms. The molecule has 0 aromatic carbocycles. The van der Waals surface area contributed by atoms with Crippen LogP contribution in [-0.4, -0.2) is 67.1 Å². The van der Waals surface area contributed by atoms with E-state index in [1.807, 2.05) is 0 Å². The number of hydrogen-bond acceptors (Lipinski definition) is 4. The Hall–Kier alpha value is -0.720. The van der Waals surface area contributed by atoms with Gasteiger partial charge in [-0.3, -0.25) is 0 Å². The van der Waals surface area contributed by atoms with E-state index in [0.29, 0.717) is 6.61 Å². The standard InChI is InChI=1S/C7H11F5O2.C5H7F3O.C2H6O/c1-2-14-4-5(13)3-6(8,9)7(10,11)12;6-5(7,8)2-1-4-3-9-4;1-2-3/h5,13H,2-4H2,1H3;4H,1-3H2;3H,2H2,1H3/p+1. The molecule has 2 atom stereocenters. The summed E-state index contributed by atoms with van der Waals surface area (Å²) in [5, 5.41) is 16.3. The zero-order valence-electron chi connectivity index (χ0n) is 15.3. The van der Waals surface area contributed by atoms with E-state index in [9.17, 15) is 35.1 Å². The van der Waals surface area contributed by atoms with Gasteiger partial charge in [-0.2, -0.15) is 35.1 Å². The Labute approximate surface area is 147 Å². The average Bonchev–Trinajstić information content (AvgIpc) is 3.26. The van der Waals surface area contributed by atoms with Gasteiger partial charge in [0, 0.05) is 26.1 Å². The number of halogens is 8. The first-order valence-corrected chi connectivity index (χ1v) is 7.69. The second-order valence-corrected chi connectivity index (χ2v) is 5.15. The lowest BCUT2D eigenvalue weighted by Crippen LogP contribution is -2.40. The Kier molecular flexibility index (Phi) is 13.4. The maximum Gasteiger partial charge on any atom is 1.00 e. The molecule has 0 aromatic rings. The van der Waals surface area contributed by atoms with Crippen LogP contribution in [0.5, 0.6) is 0 Å². The van der Waals surface area contributed by atoms with Gasteiger partial charge < -0.3 is 19.7 Å². The van der Waals surface area contributed by atoms with Gasteiger partial charge in [-0.05, 0) is 20.3 Å². The summed E-state index contributed by atoms with van der Waals surface area (Å²) < 4.78 is 103. The van der Waals surface area contributed by atoms with Crippen molar-refractivity contribution in [1.29, 1.82) is 0 Å². The average molecular weight is 409 g/mol. The van der Waals surface area contributed by atoms with E-state index in [-0.39, 0.29) is 27.2 Å². The van der Waals surface area contributed by atoms with Crippen molar-refractivity contribution in [1.82, 2.24) is 0 Å². The largest absolute Gasteiger partial charge is 1.00 e. The summed E-state index contributed by atoms with van der Waals surface area (Å²) in [4.78, 5) is 0. The number of aliphatic hydroxyl groups excluding tert-OH is 2. The van der Waals surface area contributed by atoms with Crippen LogP contribution < -0.4 is 0 Å². The van der Waals surface area contributed by atoms with Crippen LogP contribution >= 0.6 is 0 Å². The molecule has 2 N–H and O–H groups in total.